The van der Waals surface area contributed by atoms with E-state index < -0.39 is 0 Å². The first-order chi connectivity index (χ1) is 5.13. The summed E-state index contributed by atoms with van der Waals surface area (Å²) in [7, 11) is 3.81. The molecule has 0 unspecified atom stereocenters. The third kappa shape index (κ3) is 1.50. The van der Waals surface area contributed by atoms with Gasteiger partial charge in [-0.1, -0.05) is 6.07 Å². The molecule has 11 heavy (non-hydrogen) atoms. The summed E-state index contributed by atoms with van der Waals surface area (Å²) in [6, 6.07) is 5.10. The summed E-state index contributed by atoms with van der Waals surface area (Å²) in [5.74, 6) is -0.142. The number of hydrogen-bond acceptors (Lipinski definition) is 1. The van der Waals surface area contributed by atoms with Gasteiger partial charge >= 0.3 is 0 Å². The summed E-state index contributed by atoms with van der Waals surface area (Å²) in [5, 5.41) is 0. The van der Waals surface area contributed by atoms with E-state index in [1.54, 1.807) is 13.0 Å². The molecule has 1 rings (SSSR count). The molecule has 0 saturated heterocycles. The summed E-state index contributed by atoms with van der Waals surface area (Å²) in [6.45, 7) is 1.78. The van der Waals surface area contributed by atoms with Gasteiger partial charge in [0.05, 0.1) is 0 Å². The predicted molar refractivity (Wildman–Crippen MR) is 45.5 cm³/mol. The van der Waals surface area contributed by atoms with Gasteiger partial charge in [0.15, 0.2) is 0 Å². The van der Waals surface area contributed by atoms with Crippen molar-refractivity contribution in [3.63, 3.8) is 0 Å². The zero-order chi connectivity index (χ0) is 8.43. The van der Waals surface area contributed by atoms with Crippen LogP contribution in [0.3, 0.4) is 0 Å². The molecule has 60 valence electrons. The van der Waals surface area contributed by atoms with Gasteiger partial charge in [-0.2, -0.15) is 0 Å². The van der Waals surface area contributed by atoms with Crippen molar-refractivity contribution in [2.45, 2.75) is 6.92 Å². The first kappa shape index (κ1) is 8.05. The van der Waals surface area contributed by atoms with Crippen LogP contribution in [-0.2, 0) is 0 Å². The Hall–Kier alpha value is -1.05. The van der Waals surface area contributed by atoms with Gasteiger partial charge in [-0.25, -0.2) is 4.39 Å². The third-order valence-electron chi connectivity index (χ3n) is 1.72. The standard InChI is InChI=1S/C9H12FN/c1-7-8(10)5-4-6-9(7)11(2)3/h4-6H,1-3H3. The summed E-state index contributed by atoms with van der Waals surface area (Å²) in [4.78, 5) is 1.90. The van der Waals surface area contributed by atoms with Gasteiger partial charge in [0, 0.05) is 25.3 Å². The van der Waals surface area contributed by atoms with E-state index in [-0.39, 0.29) is 5.82 Å². The Kier molecular flexibility index (Phi) is 2.13. The van der Waals surface area contributed by atoms with Crippen molar-refractivity contribution >= 4 is 5.69 Å². The highest BCUT2D eigenvalue weighted by molar-refractivity contribution is 5.52. The normalized spacial score (nSPS) is 9.82. The largest absolute Gasteiger partial charge is 0.377 e. The van der Waals surface area contributed by atoms with Crippen LogP contribution in [0.25, 0.3) is 0 Å². The SMILES string of the molecule is Cc1c(F)cccc1N(C)C. The summed E-state index contributed by atoms with van der Waals surface area (Å²) >= 11 is 0. The van der Waals surface area contributed by atoms with E-state index in [1.165, 1.54) is 6.07 Å². The van der Waals surface area contributed by atoms with E-state index in [1.807, 2.05) is 25.1 Å². The highest BCUT2D eigenvalue weighted by atomic mass is 19.1. The molecule has 0 aliphatic rings. The van der Waals surface area contributed by atoms with E-state index >= 15 is 0 Å². The molecule has 0 aromatic heterocycles. The van der Waals surface area contributed by atoms with Gasteiger partial charge in [0.25, 0.3) is 0 Å². The molecular formula is C9H12FN. The second-order valence-electron chi connectivity index (χ2n) is 2.78. The number of benzene rings is 1. The van der Waals surface area contributed by atoms with E-state index in [0.29, 0.717) is 5.56 Å². The van der Waals surface area contributed by atoms with Gasteiger partial charge in [0.1, 0.15) is 5.82 Å². The lowest BCUT2D eigenvalue weighted by molar-refractivity contribution is 0.618. The molecule has 0 spiro atoms. The smallest absolute Gasteiger partial charge is 0.128 e. The lowest BCUT2D eigenvalue weighted by atomic mass is 10.2. The third-order valence-corrected chi connectivity index (χ3v) is 1.72. The number of halogens is 1. The van der Waals surface area contributed by atoms with Crippen LogP contribution in [0.5, 0.6) is 0 Å². The first-order valence-corrected chi connectivity index (χ1v) is 3.55. The molecule has 0 aliphatic heterocycles. The van der Waals surface area contributed by atoms with Crippen LogP contribution in [-0.4, -0.2) is 14.1 Å². The van der Waals surface area contributed by atoms with Crippen LogP contribution < -0.4 is 4.90 Å². The van der Waals surface area contributed by atoms with Gasteiger partial charge in [-0.15, -0.1) is 0 Å². The van der Waals surface area contributed by atoms with Crippen LogP contribution in [0.15, 0.2) is 18.2 Å². The van der Waals surface area contributed by atoms with Gasteiger partial charge in [0.2, 0.25) is 0 Å². The highest BCUT2D eigenvalue weighted by Gasteiger charge is 2.03. The minimum absolute atomic E-state index is 0.142. The molecule has 1 nitrogen and oxygen atoms in total. The maximum atomic E-state index is 12.9. The Balaban J connectivity index is 3.17. The fraction of sp³-hybridized carbons (Fsp3) is 0.333. The highest BCUT2D eigenvalue weighted by Crippen LogP contribution is 2.19. The lowest BCUT2D eigenvalue weighted by Crippen LogP contribution is -2.10. The zero-order valence-electron chi connectivity index (χ0n) is 7.06. The minimum Gasteiger partial charge on any atom is -0.377 e. The Labute approximate surface area is 66.5 Å². The Morgan fingerprint density at radius 3 is 2.36 bits per heavy atom. The van der Waals surface area contributed by atoms with Crippen molar-refractivity contribution < 1.29 is 4.39 Å². The van der Waals surface area contributed by atoms with Crippen LogP contribution in [0.1, 0.15) is 5.56 Å². The lowest BCUT2D eigenvalue weighted by Gasteiger charge is -2.15. The predicted octanol–water partition coefficient (Wildman–Crippen LogP) is 2.20. The molecule has 0 fully saturated rings. The van der Waals surface area contributed by atoms with Crippen molar-refractivity contribution in [3.05, 3.63) is 29.6 Å². The Morgan fingerprint density at radius 2 is 1.91 bits per heavy atom. The molecule has 0 amide bonds. The molecule has 0 radical (unpaired) electrons. The number of anilines is 1. The monoisotopic (exact) mass is 153 g/mol. The first-order valence-electron chi connectivity index (χ1n) is 3.55. The maximum Gasteiger partial charge on any atom is 0.128 e. The van der Waals surface area contributed by atoms with Crippen molar-refractivity contribution in [3.8, 4) is 0 Å². The molecule has 1 aromatic rings. The molecule has 0 aliphatic carbocycles. The Bertz CT molecular complexity index is 256. The van der Waals surface area contributed by atoms with Gasteiger partial charge in [-0.3, -0.25) is 0 Å². The molecule has 0 saturated carbocycles. The molecule has 0 bridgehead atoms. The summed E-state index contributed by atoms with van der Waals surface area (Å²) in [6.07, 6.45) is 0. The van der Waals surface area contributed by atoms with Gasteiger partial charge < -0.3 is 4.90 Å². The van der Waals surface area contributed by atoms with Crippen molar-refractivity contribution in [2.24, 2.45) is 0 Å². The summed E-state index contributed by atoms with van der Waals surface area (Å²) in [5.41, 5.74) is 1.64. The number of nitrogens with zero attached hydrogens (tertiary/aromatic N) is 1. The van der Waals surface area contributed by atoms with E-state index in [2.05, 4.69) is 0 Å². The van der Waals surface area contributed by atoms with Crippen molar-refractivity contribution in [1.82, 2.24) is 0 Å². The van der Waals surface area contributed by atoms with Crippen LogP contribution in [0.2, 0.25) is 0 Å². The number of rotatable bonds is 1. The average Bonchev–Trinajstić information content (AvgIpc) is 1.94. The van der Waals surface area contributed by atoms with Crippen LogP contribution >= 0.6 is 0 Å². The average molecular weight is 153 g/mol. The molecule has 1 aromatic carbocycles. The molecule has 0 heterocycles. The fourth-order valence-electron chi connectivity index (χ4n) is 1.08. The van der Waals surface area contributed by atoms with Crippen molar-refractivity contribution in [2.75, 3.05) is 19.0 Å². The Morgan fingerprint density at radius 1 is 1.27 bits per heavy atom. The quantitative estimate of drug-likeness (QED) is 0.597. The molecular weight excluding hydrogens is 141 g/mol. The molecule has 0 N–H and O–H groups in total. The maximum absolute atomic E-state index is 12.9. The summed E-state index contributed by atoms with van der Waals surface area (Å²) < 4.78 is 12.9. The van der Waals surface area contributed by atoms with Crippen LogP contribution in [0.4, 0.5) is 10.1 Å². The topological polar surface area (TPSA) is 3.24 Å². The van der Waals surface area contributed by atoms with E-state index in [0.717, 1.165) is 5.69 Å². The number of hydrogen-bond donors (Lipinski definition) is 0. The second kappa shape index (κ2) is 2.91. The van der Waals surface area contributed by atoms with Gasteiger partial charge in [-0.05, 0) is 19.1 Å². The van der Waals surface area contributed by atoms with Crippen molar-refractivity contribution in [1.29, 1.82) is 0 Å². The van der Waals surface area contributed by atoms with E-state index in [4.69, 9.17) is 0 Å². The second-order valence-corrected chi connectivity index (χ2v) is 2.78. The van der Waals surface area contributed by atoms with E-state index in [9.17, 15) is 4.39 Å². The zero-order valence-corrected chi connectivity index (χ0v) is 7.06. The minimum atomic E-state index is -0.142. The molecule has 2 heteroatoms. The fourth-order valence-corrected chi connectivity index (χ4v) is 1.08. The van der Waals surface area contributed by atoms with Crippen LogP contribution in [0, 0.1) is 12.7 Å². The molecule has 0 atom stereocenters.